The van der Waals surface area contributed by atoms with Crippen LogP contribution in [0.4, 0.5) is 5.69 Å². The van der Waals surface area contributed by atoms with Gasteiger partial charge in [-0.2, -0.15) is 0 Å². The van der Waals surface area contributed by atoms with Gasteiger partial charge in [0.05, 0.1) is 10.6 Å². The Morgan fingerprint density at radius 2 is 2.00 bits per heavy atom. The summed E-state index contributed by atoms with van der Waals surface area (Å²) in [5.41, 5.74) is 6.02. The number of aliphatic imine (C=N–C) groups is 1. The molecule has 21 heavy (non-hydrogen) atoms. The molecule has 0 unspecified atom stereocenters. The van der Waals surface area contributed by atoms with Crippen LogP contribution in [0.3, 0.4) is 0 Å². The number of nitrogens with one attached hydrogen (secondary N) is 1. The summed E-state index contributed by atoms with van der Waals surface area (Å²) < 4.78 is 26.8. The Morgan fingerprint density at radius 3 is 2.57 bits per heavy atom. The van der Waals surface area contributed by atoms with Gasteiger partial charge in [0.2, 0.25) is 16.0 Å². The van der Waals surface area contributed by atoms with Crippen molar-refractivity contribution in [2.24, 2.45) is 16.6 Å². The molecule has 0 fully saturated rings. The summed E-state index contributed by atoms with van der Waals surface area (Å²) in [4.78, 5) is 6.06. The third-order valence-corrected chi connectivity index (χ3v) is 4.04. The van der Waals surface area contributed by atoms with E-state index in [2.05, 4.69) is 9.71 Å². The molecule has 8 nitrogen and oxygen atoms in total. The molecule has 118 valence electrons. The quantitative estimate of drug-likeness (QED) is 0.276. The van der Waals surface area contributed by atoms with Gasteiger partial charge in [-0.1, -0.05) is 6.07 Å². The zero-order valence-corrected chi connectivity index (χ0v) is 13.3. The molecule has 0 amide bonds. The number of nitrogens with zero attached hydrogens (tertiary/aromatic N) is 3. The normalized spacial score (nSPS) is 12.7. The average Bonchev–Trinajstić information content (AvgIpc) is 2.38. The first-order chi connectivity index (χ1) is 9.72. The van der Waals surface area contributed by atoms with Crippen molar-refractivity contribution in [2.45, 2.75) is 4.90 Å². The van der Waals surface area contributed by atoms with Crippen LogP contribution in [0.2, 0.25) is 0 Å². The lowest BCUT2D eigenvalue weighted by Gasteiger charge is -2.12. The molecule has 0 atom stereocenters. The first-order valence-corrected chi connectivity index (χ1v) is 7.78. The lowest BCUT2D eigenvalue weighted by atomic mass is 10.3. The highest BCUT2D eigenvalue weighted by Gasteiger charge is 2.13. The zero-order chi connectivity index (χ0) is 16.0. The Morgan fingerprint density at radius 1 is 1.33 bits per heavy atom. The predicted octanol–water partition coefficient (Wildman–Crippen LogP) is -0.722. The Labute approximate surface area is 125 Å². The molecule has 0 heterocycles. The highest BCUT2D eigenvalue weighted by molar-refractivity contribution is 7.89. The highest BCUT2D eigenvalue weighted by atomic mass is 32.2. The fraction of sp³-hybridized carbons (Fsp3) is 0.417. The van der Waals surface area contributed by atoms with Crippen LogP contribution >= 0.6 is 0 Å². The summed E-state index contributed by atoms with van der Waals surface area (Å²) in [6, 6.07) is 6.19. The van der Waals surface area contributed by atoms with E-state index in [9.17, 15) is 8.42 Å². The lowest BCUT2D eigenvalue weighted by molar-refractivity contribution is 0.412. The highest BCUT2D eigenvalue weighted by Crippen LogP contribution is 2.17. The van der Waals surface area contributed by atoms with E-state index in [0.29, 0.717) is 18.8 Å². The minimum absolute atomic E-state index is 0.0881. The van der Waals surface area contributed by atoms with E-state index in [1.807, 2.05) is 19.0 Å². The van der Waals surface area contributed by atoms with Gasteiger partial charge < -0.3 is 10.6 Å². The fourth-order valence-corrected chi connectivity index (χ4v) is 2.48. The van der Waals surface area contributed by atoms with E-state index in [-0.39, 0.29) is 10.9 Å². The first-order valence-electron chi connectivity index (χ1n) is 6.29. The van der Waals surface area contributed by atoms with Crippen LogP contribution < -0.4 is 16.3 Å². The summed E-state index contributed by atoms with van der Waals surface area (Å²) >= 11 is 0. The molecule has 0 aliphatic heterocycles. The fourth-order valence-electron chi connectivity index (χ4n) is 1.42. The number of benzene rings is 1. The second-order valence-electron chi connectivity index (χ2n) is 4.78. The molecule has 1 aromatic carbocycles. The minimum Gasteiger partial charge on any atom is -0.368 e. The van der Waals surface area contributed by atoms with Crippen molar-refractivity contribution in [1.29, 1.82) is 0 Å². The van der Waals surface area contributed by atoms with E-state index >= 15 is 0 Å². The van der Waals surface area contributed by atoms with Crippen molar-refractivity contribution in [1.82, 2.24) is 14.6 Å². The molecule has 1 rings (SSSR count). The van der Waals surface area contributed by atoms with Gasteiger partial charge in [0.15, 0.2) is 0 Å². The molecule has 0 saturated heterocycles. The Hall–Kier alpha value is -1.68. The first kappa shape index (κ1) is 17.4. The zero-order valence-electron chi connectivity index (χ0n) is 12.4. The molecule has 1 aromatic rings. The number of hydrogen-bond acceptors (Lipinski definition) is 5. The summed E-state index contributed by atoms with van der Waals surface area (Å²) in [5.74, 6) is 5.53. The standard InChI is InChI=1S/C12H22N6O2S/c1-17(2)8-7-15-21(19,20)11-6-4-5-10(9-11)16-12(13)18(3)14/h4-6,9,15H,7-8,14H2,1-3H3,(H2,13,16). The topological polar surface area (TPSA) is 117 Å². The van der Waals surface area contributed by atoms with Crippen molar-refractivity contribution in [3.8, 4) is 0 Å². The second kappa shape index (κ2) is 7.36. The SMILES string of the molecule is CN(C)CCNS(=O)(=O)c1cccc(N=C(N)N(C)N)c1. The molecule has 0 spiro atoms. The van der Waals surface area contributed by atoms with Gasteiger partial charge in [-0.3, -0.25) is 5.01 Å². The molecule has 0 aliphatic rings. The van der Waals surface area contributed by atoms with Gasteiger partial charge in [-0.25, -0.2) is 24.0 Å². The van der Waals surface area contributed by atoms with E-state index in [1.54, 1.807) is 19.2 Å². The maximum atomic E-state index is 12.1. The molecule has 0 radical (unpaired) electrons. The van der Waals surface area contributed by atoms with Crippen LogP contribution in [-0.2, 0) is 10.0 Å². The Kier molecular flexibility index (Phi) is 6.09. The van der Waals surface area contributed by atoms with Crippen LogP contribution in [0, 0.1) is 0 Å². The molecular weight excluding hydrogens is 292 g/mol. The van der Waals surface area contributed by atoms with Gasteiger partial charge in [0.25, 0.3) is 0 Å². The third kappa shape index (κ3) is 5.68. The summed E-state index contributed by atoms with van der Waals surface area (Å²) in [7, 11) is 1.72. The van der Waals surface area contributed by atoms with E-state index in [1.165, 1.54) is 12.1 Å². The second-order valence-corrected chi connectivity index (χ2v) is 6.55. The van der Waals surface area contributed by atoms with Gasteiger partial charge in [0.1, 0.15) is 0 Å². The number of sulfonamides is 1. The summed E-state index contributed by atoms with van der Waals surface area (Å²) in [5, 5.41) is 1.15. The molecule has 5 N–H and O–H groups in total. The number of hydrazine groups is 1. The molecule has 0 saturated carbocycles. The average molecular weight is 314 g/mol. The van der Waals surface area contributed by atoms with Crippen LogP contribution in [-0.4, -0.2) is 58.5 Å². The Balaban J connectivity index is 2.91. The smallest absolute Gasteiger partial charge is 0.240 e. The minimum atomic E-state index is -3.57. The van der Waals surface area contributed by atoms with Crippen molar-refractivity contribution in [3.05, 3.63) is 24.3 Å². The van der Waals surface area contributed by atoms with Gasteiger partial charge in [-0.05, 0) is 32.3 Å². The van der Waals surface area contributed by atoms with Crippen LogP contribution in [0.5, 0.6) is 0 Å². The molecule has 0 aliphatic carbocycles. The number of hydrogen-bond donors (Lipinski definition) is 3. The van der Waals surface area contributed by atoms with Crippen molar-refractivity contribution >= 4 is 21.7 Å². The third-order valence-electron chi connectivity index (χ3n) is 2.58. The van der Waals surface area contributed by atoms with Gasteiger partial charge in [-0.15, -0.1) is 0 Å². The monoisotopic (exact) mass is 314 g/mol. The molecule has 9 heteroatoms. The van der Waals surface area contributed by atoms with Crippen LogP contribution in [0.25, 0.3) is 0 Å². The predicted molar refractivity (Wildman–Crippen MR) is 83.4 cm³/mol. The number of nitrogens with two attached hydrogens (primary N) is 2. The molecule has 0 bridgehead atoms. The van der Waals surface area contributed by atoms with Crippen molar-refractivity contribution in [3.63, 3.8) is 0 Å². The van der Waals surface area contributed by atoms with E-state index < -0.39 is 10.0 Å². The van der Waals surface area contributed by atoms with Gasteiger partial charge >= 0.3 is 0 Å². The maximum Gasteiger partial charge on any atom is 0.240 e. The largest absolute Gasteiger partial charge is 0.368 e. The summed E-state index contributed by atoms with van der Waals surface area (Å²) in [6.07, 6.45) is 0. The number of guanidine groups is 1. The Bertz CT molecular complexity index is 598. The molecule has 0 aromatic heterocycles. The van der Waals surface area contributed by atoms with E-state index in [0.717, 1.165) is 5.01 Å². The van der Waals surface area contributed by atoms with Gasteiger partial charge in [0, 0.05) is 20.1 Å². The molecular formula is C12H22N6O2S. The number of likely N-dealkylation sites (N-methyl/N-ethyl adjacent to an activating group) is 1. The van der Waals surface area contributed by atoms with Crippen molar-refractivity contribution < 1.29 is 8.42 Å². The lowest BCUT2D eigenvalue weighted by Crippen LogP contribution is -2.39. The van der Waals surface area contributed by atoms with E-state index in [4.69, 9.17) is 11.6 Å². The van der Waals surface area contributed by atoms with Crippen LogP contribution in [0.1, 0.15) is 0 Å². The maximum absolute atomic E-state index is 12.1. The summed E-state index contributed by atoms with van der Waals surface area (Å²) in [6.45, 7) is 0.943. The van der Waals surface area contributed by atoms with Crippen molar-refractivity contribution in [2.75, 3.05) is 34.2 Å². The van der Waals surface area contributed by atoms with Crippen LogP contribution in [0.15, 0.2) is 34.2 Å². The number of rotatable bonds is 6.